The topological polar surface area (TPSA) is 80.8 Å². The van der Waals surface area contributed by atoms with Gasteiger partial charge in [-0.3, -0.25) is 19.3 Å². The smallest absolute Gasteiger partial charge is 0.236 e. The van der Waals surface area contributed by atoms with Crippen molar-refractivity contribution in [2.24, 2.45) is 11.8 Å². The van der Waals surface area contributed by atoms with Crippen LogP contribution in [0.25, 0.3) is 0 Å². The summed E-state index contributed by atoms with van der Waals surface area (Å²) in [6.45, 7) is 1.85. The molecule has 0 radical (unpaired) electrons. The summed E-state index contributed by atoms with van der Waals surface area (Å²) in [7, 11) is -2.74. The zero-order valence-electron chi connectivity index (χ0n) is 15.1. The van der Waals surface area contributed by atoms with Crippen LogP contribution in [0, 0.1) is 11.8 Å². The van der Waals surface area contributed by atoms with E-state index in [0.29, 0.717) is 11.7 Å². The highest BCUT2D eigenvalue weighted by Crippen LogP contribution is 2.45. The normalized spacial score (nSPS) is 30.6. The third-order valence-corrected chi connectivity index (χ3v) is 7.97. The van der Waals surface area contributed by atoms with Crippen LogP contribution in [0.1, 0.15) is 12.8 Å². The van der Waals surface area contributed by atoms with Gasteiger partial charge in [0.1, 0.15) is 12.9 Å². The third kappa shape index (κ3) is 3.21. The molecule has 0 spiro atoms. The molecule has 0 N–H and O–H groups in total. The van der Waals surface area contributed by atoms with Crippen molar-refractivity contribution in [2.45, 2.75) is 25.0 Å². The Morgan fingerprint density at radius 1 is 1.07 bits per heavy atom. The van der Waals surface area contributed by atoms with E-state index in [9.17, 15) is 18.9 Å². The lowest BCUT2D eigenvalue weighted by molar-refractivity contribution is -0.142. The van der Waals surface area contributed by atoms with E-state index in [-0.39, 0.29) is 48.9 Å². The molecule has 27 heavy (non-hydrogen) atoms. The van der Waals surface area contributed by atoms with Crippen molar-refractivity contribution >= 4 is 30.0 Å². The van der Waals surface area contributed by atoms with Gasteiger partial charge in [0.15, 0.2) is 0 Å². The number of ketones is 1. The molecule has 0 aromatic heterocycles. The van der Waals surface area contributed by atoms with E-state index < -0.39 is 19.0 Å². The molecular formula is C20H22NO5P. The van der Waals surface area contributed by atoms with E-state index in [1.54, 1.807) is 18.8 Å². The van der Waals surface area contributed by atoms with Crippen LogP contribution in [0.5, 0.6) is 0 Å². The molecule has 1 aromatic carbocycles. The second-order valence-electron chi connectivity index (χ2n) is 7.57. The first-order valence-electron chi connectivity index (χ1n) is 9.21. The molecule has 2 saturated heterocycles. The highest BCUT2D eigenvalue weighted by molar-refractivity contribution is 7.71. The van der Waals surface area contributed by atoms with E-state index in [1.807, 2.05) is 30.4 Å². The van der Waals surface area contributed by atoms with E-state index in [4.69, 9.17) is 4.74 Å². The predicted octanol–water partition coefficient (Wildman–Crippen LogP) is 1.59. The average molecular weight is 387 g/mol. The molecular weight excluding hydrogens is 365 g/mol. The number of fused-ring (bicyclic) bond motifs is 5. The molecule has 0 saturated carbocycles. The maximum atomic E-state index is 12.8. The molecule has 2 bridgehead atoms. The number of carbonyl (C=O) groups is 3. The van der Waals surface area contributed by atoms with Crippen molar-refractivity contribution < 1.29 is 23.7 Å². The number of imide groups is 1. The Morgan fingerprint density at radius 3 is 2.26 bits per heavy atom. The van der Waals surface area contributed by atoms with Gasteiger partial charge in [0.25, 0.3) is 0 Å². The van der Waals surface area contributed by atoms with Gasteiger partial charge in [-0.25, -0.2) is 0 Å². The van der Waals surface area contributed by atoms with Gasteiger partial charge in [0.2, 0.25) is 11.8 Å². The van der Waals surface area contributed by atoms with Crippen LogP contribution < -0.4 is 5.30 Å². The molecule has 4 rings (SSSR count). The number of nitrogens with zero attached hydrogens (tertiary/aromatic N) is 1. The maximum Gasteiger partial charge on any atom is 0.236 e. The Balaban J connectivity index is 1.30. The summed E-state index contributed by atoms with van der Waals surface area (Å²) in [5, 5.41) is 0.694. The number of hydrogen-bond acceptors (Lipinski definition) is 5. The Bertz CT molecular complexity index is 834. The van der Waals surface area contributed by atoms with Crippen LogP contribution in [-0.2, 0) is 23.7 Å². The van der Waals surface area contributed by atoms with Crippen LogP contribution in [-0.4, -0.2) is 54.1 Å². The van der Waals surface area contributed by atoms with Gasteiger partial charge >= 0.3 is 0 Å². The fourth-order valence-electron chi connectivity index (χ4n) is 4.27. The quantitative estimate of drug-likeness (QED) is 0.403. The van der Waals surface area contributed by atoms with Crippen LogP contribution in [0.4, 0.5) is 0 Å². The first-order valence-corrected chi connectivity index (χ1v) is 11.6. The van der Waals surface area contributed by atoms with Crippen molar-refractivity contribution in [3.05, 3.63) is 42.5 Å². The van der Waals surface area contributed by atoms with Crippen molar-refractivity contribution in [1.29, 1.82) is 0 Å². The molecule has 2 fully saturated rings. The standard InChI is InChI=1S/C20H22NO5P/c1-27(25,14-7-3-2-4-8-14)12-13(22)6-5-11-21-19(23)17-15-9-10-16(26-15)18(17)20(21)24/h2-4,7-10,15-18H,5-6,11-12H2,1H3/t15-,16+,17?,18?,27?. The average Bonchev–Trinajstić information content (AvgIpc) is 3.31. The zero-order chi connectivity index (χ0) is 19.2. The fraction of sp³-hybridized carbons (Fsp3) is 0.450. The number of ether oxygens (including phenoxy) is 1. The fourth-order valence-corrected chi connectivity index (χ4v) is 6.09. The Labute approximate surface area is 157 Å². The lowest BCUT2D eigenvalue weighted by atomic mass is 9.85. The van der Waals surface area contributed by atoms with Crippen molar-refractivity contribution in [2.75, 3.05) is 19.4 Å². The second kappa shape index (κ2) is 6.84. The summed E-state index contributed by atoms with van der Waals surface area (Å²) in [5.74, 6) is -1.30. The number of carbonyl (C=O) groups excluding carboxylic acids is 3. The number of likely N-dealkylation sites (tertiary alicyclic amines) is 1. The van der Waals surface area contributed by atoms with Gasteiger partial charge < -0.3 is 9.30 Å². The minimum atomic E-state index is -2.74. The number of Topliss-reactive ketones (excluding diaryl/α,β-unsaturated/α-hetero) is 1. The van der Waals surface area contributed by atoms with E-state index in [2.05, 4.69) is 0 Å². The Kier molecular flexibility index (Phi) is 4.65. The highest BCUT2D eigenvalue weighted by Gasteiger charge is 2.60. The van der Waals surface area contributed by atoms with E-state index >= 15 is 0 Å². The molecule has 142 valence electrons. The monoisotopic (exact) mass is 387 g/mol. The molecule has 0 aliphatic carbocycles. The van der Waals surface area contributed by atoms with Crippen LogP contribution in [0.3, 0.4) is 0 Å². The van der Waals surface area contributed by atoms with Gasteiger partial charge in [0, 0.05) is 18.3 Å². The molecule has 1 aromatic rings. The number of rotatable bonds is 7. The Hall–Kier alpha value is -2.04. The van der Waals surface area contributed by atoms with E-state index in [0.717, 1.165) is 0 Å². The summed E-state index contributed by atoms with van der Waals surface area (Å²) in [6, 6.07) is 9.02. The van der Waals surface area contributed by atoms with Crippen molar-refractivity contribution in [3.63, 3.8) is 0 Å². The molecule has 2 amide bonds. The maximum absolute atomic E-state index is 12.8. The summed E-state index contributed by atoms with van der Waals surface area (Å²) in [6.07, 6.45) is 3.73. The molecule has 6 nitrogen and oxygen atoms in total. The predicted molar refractivity (Wildman–Crippen MR) is 100 cm³/mol. The molecule has 5 atom stereocenters. The first-order chi connectivity index (χ1) is 12.9. The Morgan fingerprint density at radius 2 is 1.67 bits per heavy atom. The third-order valence-electron chi connectivity index (χ3n) is 5.62. The van der Waals surface area contributed by atoms with Crippen molar-refractivity contribution in [3.8, 4) is 0 Å². The lowest BCUT2D eigenvalue weighted by Crippen LogP contribution is -2.35. The summed E-state index contributed by atoms with van der Waals surface area (Å²) in [4.78, 5) is 38.6. The minimum absolute atomic E-state index is 0.00602. The van der Waals surface area contributed by atoms with Crippen LogP contribution in [0.15, 0.2) is 42.5 Å². The van der Waals surface area contributed by atoms with Crippen LogP contribution in [0.2, 0.25) is 0 Å². The first kappa shape index (κ1) is 18.3. The van der Waals surface area contributed by atoms with Crippen molar-refractivity contribution in [1.82, 2.24) is 4.90 Å². The van der Waals surface area contributed by atoms with Gasteiger partial charge in [0.05, 0.1) is 30.2 Å². The number of hydrogen-bond donors (Lipinski definition) is 0. The van der Waals surface area contributed by atoms with E-state index in [1.165, 1.54) is 4.90 Å². The number of benzene rings is 1. The van der Waals surface area contributed by atoms with Gasteiger partial charge in [-0.2, -0.15) is 0 Å². The van der Waals surface area contributed by atoms with Gasteiger partial charge in [-0.1, -0.05) is 42.5 Å². The summed E-state index contributed by atoms with van der Waals surface area (Å²) >= 11 is 0. The summed E-state index contributed by atoms with van der Waals surface area (Å²) < 4.78 is 18.4. The molecule has 3 aliphatic heterocycles. The molecule has 3 heterocycles. The van der Waals surface area contributed by atoms with Gasteiger partial charge in [-0.05, 0) is 13.1 Å². The zero-order valence-corrected chi connectivity index (χ0v) is 16.0. The second-order valence-corrected chi connectivity index (χ2v) is 10.6. The molecule has 7 heteroatoms. The lowest BCUT2D eigenvalue weighted by Gasteiger charge is -2.17. The van der Waals surface area contributed by atoms with Gasteiger partial charge in [-0.15, -0.1) is 0 Å². The molecule has 3 aliphatic rings. The largest absolute Gasteiger partial charge is 0.365 e. The SMILES string of the molecule is CP(=O)(CC(=O)CCCN1C(=O)C2C(C1=O)[C@H]1C=C[C@@H]2O1)c1ccccc1. The summed E-state index contributed by atoms with van der Waals surface area (Å²) in [5.41, 5.74) is 0. The number of amides is 2. The van der Waals surface area contributed by atoms with Crippen LogP contribution >= 0.6 is 7.14 Å². The minimum Gasteiger partial charge on any atom is -0.365 e. The molecule has 3 unspecified atom stereocenters. The highest BCUT2D eigenvalue weighted by atomic mass is 31.2.